The Bertz CT molecular complexity index is 4510. The van der Waals surface area contributed by atoms with Crippen molar-refractivity contribution >= 4 is 114 Å². The normalized spacial score (nSPS) is 14.4. The molecule has 0 unspecified atom stereocenters. The summed E-state index contributed by atoms with van der Waals surface area (Å²) in [5.41, 5.74) is 1.62. The number of fused-ring (bicyclic) bond motifs is 4. The van der Waals surface area contributed by atoms with Crippen molar-refractivity contribution in [2.75, 3.05) is 50.4 Å². The summed E-state index contributed by atoms with van der Waals surface area (Å²) in [6, 6.07) is 75.0. The Kier molecular flexibility index (Phi) is 18.9. The molecular formula is C80H56Cl4F6N2O6S2. The maximum atomic E-state index is 17.3. The molecule has 0 spiro atoms. The molecule has 0 saturated carbocycles. The number of benzene rings is 10. The molecule has 0 amide bonds. The lowest BCUT2D eigenvalue weighted by molar-refractivity contribution is -0.254. The Labute approximate surface area is 600 Å². The third kappa shape index (κ3) is 12.7. The number of alkyl halides is 6. The first-order chi connectivity index (χ1) is 48.3. The average molecular weight is 1460 g/mol. The zero-order valence-electron chi connectivity index (χ0n) is 53.0. The van der Waals surface area contributed by atoms with Crippen molar-refractivity contribution in [3.8, 4) is 55.4 Å². The lowest BCUT2D eigenvalue weighted by Gasteiger charge is -2.36. The molecule has 8 nitrogen and oxygen atoms in total. The van der Waals surface area contributed by atoms with E-state index in [9.17, 15) is 0 Å². The second-order valence-corrected chi connectivity index (χ2v) is 27.2. The SMILES string of the molecule is COc1ccc(C2(c3ccc(OC)cc3)c3sc(-c4ccc(OCCOc5ccc(N(c6ccc(Cl)cc6)c6ccc(Cl)cc6)cc5)cc4)cc3C3=C(c4cc(-c5ccc(OCCOc6ccc(N(c7ccc(Cl)cc7)c7ccc(Cl)cc7)cc6)cc5)sc42)C(F)(F)C(F)(F)C3(F)F)cc1. The number of nitrogens with zero attached hydrogens (tertiary/aromatic N) is 2. The van der Waals surface area contributed by atoms with Gasteiger partial charge in [-0.1, -0.05) is 70.7 Å². The minimum absolute atomic E-state index is 0.110. The number of rotatable bonds is 22. The predicted molar refractivity (Wildman–Crippen MR) is 390 cm³/mol. The van der Waals surface area contributed by atoms with Crippen LogP contribution in [0.2, 0.25) is 20.1 Å². The molecular weight excluding hydrogens is 1400 g/mol. The monoisotopic (exact) mass is 1460 g/mol. The Morgan fingerprint density at radius 1 is 0.320 bits per heavy atom. The highest BCUT2D eigenvalue weighted by Gasteiger charge is 2.81. The fourth-order valence-electron chi connectivity index (χ4n) is 12.6. The van der Waals surface area contributed by atoms with Gasteiger partial charge in [0.2, 0.25) is 0 Å². The number of halogens is 10. The second-order valence-electron chi connectivity index (χ2n) is 23.4. The van der Waals surface area contributed by atoms with Crippen LogP contribution >= 0.6 is 69.1 Å². The fourth-order valence-corrected chi connectivity index (χ4v) is 16.0. The van der Waals surface area contributed by atoms with E-state index in [0.717, 1.165) is 56.8 Å². The van der Waals surface area contributed by atoms with E-state index in [2.05, 4.69) is 9.80 Å². The van der Waals surface area contributed by atoms with E-state index in [1.54, 1.807) is 97.1 Å². The van der Waals surface area contributed by atoms with Gasteiger partial charge in [-0.25, -0.2) is 0 Å². The molecule has 2 aromatic heterocycles. The van der Waals surface area contributed by atoms with Crippen LogP contribution in [0, 0.1) is 0 Å². The van der Waals surface area contributed by atoms with Crippen molar-refractivity contribution in [1.82, 2.24) is 0 Å². The van der Waals surface area contributed by atoms with Crippen LogP contribution in [0.5, 0.6) is 34.5 Å². The van der Waals surface area contributed by atoms with Crippen LogP contribution in [-0.4, -0.2) is 58.4 Å². The van der Waals surface area contributed by atoms with Crippen LogP contribution < -0.4 is 38.2 Å². The maximum absolute atomic E-state index is 17.3. The zero-order chi connectivity index (χ0) is 69.5. The van der Waals surface area contributed by atoms with Gasteiger partial charge in [-0.15, -0.1) is 22.7 Å². The van der Waals surface area contributed by atoms with Crippen LogP contribution in [0.15, 0.2) is 255 Å². The number of hydrogen-bond acceptors (Lipinski definition) is 10. The first-order valence-corrected chi connectivity index (χ1v) is 34.5. The van der Waals surface area contributed by atoms with Crippen LogP contribution in [0.1, 0.15) is 32.0 Å². The lowest BCUT2D eigenvalue weighted by Crippen LogP contribution is -2.49. The molecule has 2 aliphatic carbocycles. The fraction of sp³-hybridized carbons (Fsp3) is 0.125. The largest absolute Gasteiger partial charge is 0.497 e. The van der Waals surface area contributed by atoms with Crippen molar-refractivity contribution in [2.24, 2.45) is 0 Å². The highest BCUT2D eigenvalue weighted by Crippen LogP contribution is 2.70. The first kappa shape index (κ1) is 67.7. The van der Waals surface area contributed by atoms with Crippen molar-refractivity contribution in [2.45, 2.75) is 23.2 Å². The Morgan fingerprint density at radius 2 is 0.560 bits per heavy atom. The summed E-state index contributed by atoms with van der Waals surface area (Å²) in [6.07, 6.45) is 0. The number of anilines is 6. The summed E-state index contributed by atoms with van der Waals surface area (Å²) in [6.45, 7) is 0.592. The average Bonchev–Trinajstić information content (AvgIpc) is 1.54. The van der Waals surface area contributed by atoms with Gasteiger partial charge in [0.1, 0.15) is 60.9 Å². The summed E-state index contributed by atoms with van der Waals surface area (Å²) >= 11 is 27.0. The minimum Gasteiger partial charge on any atom is -0.497 e. The van der Waals surface area contributed by atoms with Crippen LogP contribution in [0.25, 0.3) is 32.0 Å². The predicted octanol–water partition coefficient (Wildman–Crippen LogP) is 24.2. The molecule has 12 aromatic rings. The number of methoxy groups -OCH3 is 2. The molecule has 100 heavy (non-hydrogen) atoms. The molecule has 10 aromatic carbocycles. The topological polar surface area (TPSA) is 61.9 Å². The first-order valence-electron chi connectivity index (χ1n) is 31.4. The van der Waals surface area contributed by atoms with E-state index in [1.165, 1.54) is 26.4 Å². The van der Waals surface area contributed by atoms with E-state index < -0.39 is 45.5 Å². The Balaban J connectivity index is 0.750. The quantitative estimate of drug-likeness (QED) is 0.0491. The van der Waals surface area contributed by atoms with Crippen molar-refractivity contribution in [3.05, 3.63) is 307 Å². The summed E-state index contributed by atoms with van der Waals surface area (Å²) in [5, 5.41) is 2.43. The minimum atomic E-state index is -5.84. The van der Waals surface area contributed by atoms with Gasteiger partial charge in [-0.2, -0.15) is 26.3 Å². The molecule has 20 heteroatoms. The molecule has 0 fully saturated rings. The molecule has 0 aliphatic heterocycles. The van der Waals surface area contributed by atoms with E-state index in [-0.39, 0.29) is 36.2 Å². The van der Waals surface area contributed by atoms with E-state index in [4.69, 9.17) is 74.8 Å². The summed E-state index contributed by atoms with van der Waals surface area (Å²) < 4.78 is 138. The van der Waals surface area contributed by atoms with E-state index in [1.807, 2.05) is 146 Å². The number of ether oxygens (including phenoxy) is 6. The molecule has 0 bridgehead atoms. The van der Waals surface area contributed by atoms with Gasteiger partial charge in [0.15, 0.2) is 0 Å². The van der Waals surface area contributed by atoms with Crippen LogP contribution in [0.4, 0.5) is 60.5 Å². The van der Waals surface area contributed by atoms with E-state index >= 15 is 26.3 Å². The molecule has 14 rings (SSSR count). The second kappa shape index (κ2) is 27.9. The maximum Gasteiger partial charge on any atom is 0.380 e. The van der Waals surface area contributed by atoms with Crippen LogP contribution in [-0.2, 0) is 5.41 Å². The summed E-state index contributed by atoms with van der Waals surface area (Å²) in [7, 11) is 2.98. The van der Waals surface area contributed by atoms with Gasteiger partial charge in [-0.05, 0) is 253 Å². The van der Waals surface area contributed by atoms with Crippen LogP contribution in [0.3, 0.4) is 0 Å². The van der Waals surface area contributed by atoms with Gasteiger partial charge in [0.25, 0.3) is 0 Å². The van der Waals surface area contributed by atoms with Gasteiger partial charge >= 0.3 is 17.8 Å². The standard InChI is InChI=1S/C80H56Cl4F6N2O6S2/c1-93-63-35-7-51(8-36-63)77(52-9-37-64(94-2)38-10-52)75-69(47-71(99-75)49-3-31-65(32-4-49)95-43-45-97-67-39-27-61(28-40-67)91(57-19-11-53(81)12-20-57)58-21-13-54(82)14-22-58)73-74(79(87,88)80(89,90)78(73,85)86)70-48-72(100-76(70)77)50-5-33-66(34-6-50)96-44-46-98-68-41-29-62(30-42-68)92(59-23-15-55(83)16-24-59)60-25-17-56(84)18-26-60/h3-42,47-48H,43-46H2,1-2H3. The zero-order valence-corrected chi connectivity index (χ0v) is 57.7. The van der Waals surface area contributed by atoms with Gasteiger partial charge in [0.05, 0.1) is 19.6 Å². The van der Waals surface area contributed by atoms with Crippen molar-refractivity contribution in [3.63, 3.8) is 0 Å². The van der Waals surface area contributed by atoms with E-state index in [0.29, 0.717) is 86.6 Å². The smallest absolute Gasteiger partial charge is 0.380 e. The molecule has 0 N–H and O–H groups in total. The highest BCUT2D eigenvalue weighted by atomic mass is 35.5. The lowest BCUT2D eigenvalue weighted by atomic mass is 9.70. The molecule has 0 atom stereocenters. The van der Waals surface area contributed by atoms with Crippen molar-refractivity contribution in [1.29, 1.82) is 0 Å². The Hall–Kier alpha value is -9.52. The highest BCUT2D eigenvalue weighted by molar-refractivity contribution is 7.18. The number of thiophene rings is 2. The molecule has 0 saturated heterocycles. The molecule has 0 radical (unpaired) electrons. The number of allylic oxidation sites excluding steroid dienone is 2. The van der Waals surface area contributed by atoms with Gasteiger partial charge < -0.3 is 38.2 Å². The summed E-state index contributed by atoms with van der Waals surface area (Å²) in [4.78, 5) is 5.01. The third-order valence-electron chi connectivity index (χ3n) is 17.4. The Morgan fingerprint density at radius 3 is 0.820 bits per heavy atom. The summed E-state index contributed by atoms with van der Waals surface area (Å²) in [5.74, 6) is -13.6. The molecule has 2 heterocycles. The van der Waals surface area contributed by atoms with Gasteiger partial charge in [0, 0.05) is 96.0 Å². The van der Waals surface area contributed by atoms with Gasteiger partial charge in [-0.3, -0.25) is 0 Å². The molecule has 504 valence electrons. The van der Waals surface area contributed by atoms with Crippen molar-refractivity contribution < 1.29 is 54.8 Å². The molecule has 2 aliphatic rings. The third-order valence-corrected chi connectivity index (χ3v) is 21.1. The number of hydrogen-bond donors (Lipinski definition) is 0.